The Bertz CT molecular complexity index is 1270. The van der Waals surface area contributed by atoms with Crippen LogP contribution in [-0.4, -0.2) is 53.6 Å². The first-order chi connectivity index (χ1) is 16.7. The molecular formula is C24H30N4O5S2. The topological polar surface area (TPSA) is 128 Å². The molecule has 3 N–H and O–H groups in total. The zero-order valence-electron chi connectivity index (χ0n) is 19.9. The number of carboxylic acid groups (broad SMARTS) is 1. The average molecular weight is 519 g/mol. The van der Waals surface area contributed by atoms with Crippen molar-refractivity contribution in [2.75, 3.05) is 13.1 Å². The summed E-state index contributed by atoms with van der Waals surface area (Å²) >= 11 is 0. The molecule has 0 aliphatic carbocycles. The number of carbonyl (C=O) groups is 2. The number of carbonyl (C=O) groups excluding carboxylic acids is 1. The second-order valence-electron chi connectivity index (χ2n) is 7.96. The summed E-state index contributed by atoms with van der Waals surface area (Å²) in [5.74, 6) is -0.471. The summed E-state index contributed by atoms with van der Waals surface area (Å²) in [5.41, 5.74) is 2.57. The Hall–Kier alpha value is -3.18. The van der Waals surface area contributed by atoms with E-state index in [4.69, 9.17) is 0 Å². The van der Waals surface area contributed by atoms with Gasteiger partial charge in [0.05, 0.1) is 10.6 Å². The Morgan fingerprint density at radius 1 is 1.06 bits per heavy atom. The number of nitrogens with zero attached hydrogens (tertiary/aromatic N) is 2. The molecule has 0 saturated heterocycles. The maximum atomic E-state index is 12.9. The highest BCUT2D eigenvalue weighted by molar-refractivity contribution is 8.15. The molecular weight excluding hydrogens is 488 g/mol. The Morgan fingerprint density at radius 2 is 1.74 bits per heavy atom. The second-order valence-corrected chi connectivity index (χ2v) is 11.5. The van der Waals surface area contributed by atoms with Crippen LogP contribution in [0.25, 0.3) is 11.1 Å². The minimum atomic E-state index is -4.09. The van der Waals surface area contributed by atoms with E-state index in [1.807, 2.05) is 30.4 Å². The summed E-state index contributed by atoms with van der Waals surface area (Å²) in [6.45, 7) is 6.65. The standard InChI is InChI=1S/C24H30N4O5S2/c1-4-14-25-24(31)27-35(32,33)21-9-7-6-8-20(21)19-12-10-18(11-13-19)16-34-22(23(29)30)17(3)26-28(34)15-5-2/h6-13H,4-5,14-16H2,1-3H3,(H,29,30)(H2,25,27,31). The Labute approximate surface area is 208 Å². The van der Waals surface area contributed by atoms with E-state index in [2.05, 4.69) is 15.1 Å². The first kappa shape index (κ1) is 26.4. The number of hydrogen-bond acceptors (Lipinski definition) is 6. The van der Waals surface area contributed by atoms with E-state index in [-0.39, 0.29) is 4.90 Å². The Balaban J connectivity index is 1.88. The van der Waals surface area contributed by atoms with Crippen LogP contribution in [0.5, 0.6) is 0 Å². The molecule has 2 amide bonds. The number of urea groups is 1. The highest BCUT2D eigenvalue weighted by atomic mass is 32.2. The van der Waals surface area contributed by atoms with Crippen molar-refractivity contribution in [2.45, 2.75) is 44.3 Å². The van der Waals surface area contributed by atoms with Gasteiger partial charge in [-0.3, -0.25) is 0 Å². The smallest absolute Gasteiger partial charge is 0.345 e. The van der Waals surface area contributed by atoms with Crippen LogP contribution >= 0.6 is 10.7 Å². The van der Waals surface area contributed by atoms with E-state index in [1.165, 1.54) is 6.07 Å². The molecule has 1 aliphatic rings. The molecule has 0 bridgehead atoms. The fraction of sp³-hybridized carbons (Fsp3) is 0.333. The van der Waals surface area contributed by atoms with Crippen LogP contribution in [0.4, 0.5) is 4.79 Å². The van der Waals surface area contributed by atoms with Crippen LogP contribution in [0.3, 0.4) is 0 Å². The van der Waals surface area contributed by atoms with Gasteiger partial charge in [0.15, 0.2) is 0 Å². The maximum Gasteiger partial charge on any atom is 0.345 e. The monoisotopic (exact) mass is 518 g/mol. The van der Waals surface area contributed by atoms with E-state index in [9.17, 15) is 23.1 Å². The molecule has 9 nitrogen and oxygen atoms in total. The van der Waals surface area contributed by atoms with Gasteiger partial charge in [0.25, 0.3) is 10.0 Å². The third kappa shape index (κ3) is 6.29. The molecule has 2 aromatic rings. The molecule has 1 atom stereocenters. The number of aliphatic carboxylic acids is 1. The molecule has 11 heteroatoms. The van der Waals surface area contributed by atoms with Gasteiger partial charge in [-0.05, 0) is 37.0 Å². The fourth-order valence-corrected chi connectivity index (χ4v) is 7.00. The lowest BCUT2D eigenvalue weighted by Crippen LogP contribution is -2.39. The van der Waals surface area contributed by atoms with Gasteiger partial charge in [-0.15, -0.1) is 0 Å². The quantitative estimate of drug-likeness (QED) is 0.411. The number of rotatable bonds is 10. The summed E-state index contributed by atoms with van der Waals surface area (Å²) < 4.78 is 29.7. The molecule has 0 spiro atoms. The highest BCUT2D eigenvalue weighted by Crippen LogP contribution is 2.34. The van der Waals surface area contributed by atoms with Crippen LogP contribution in [0.2, 0.25) is 0 Å². The van der Waals surface area contributed by atoms with Gasteiger partial charge in [0.1, 0.15) is 4.86 Å². The predicted molar refractivity (Wildman–Crippen MR) is 140 cm³/mol. The van der Waals surface area contributed by atoms with Crippen LogP contribution in [0, 0.1) is 0 Å². The lowest BCUT2D eigenvalue weighted by atomic mass is 10.0. The van der Waals surface area contributed by atoms with Crippen LogP contribution in [-0.2, 0) is 20.6 Å². The van der Waals surface area contributed by atoms with E-state index in [0.717, 1.165) is 12.0 Å². The third-order valence-electron chi connectivity index (χ3n) is 5.20. The molecule has 0 fully saturated rings. The number of benzene rings is 2. The number of nitrogens with one attached hydrogen (secondary N) is 2. The maximum absolute atomic E-state index is 12.9. The summed E-state index contributed by atoms with van der Waals surface area (Å²) in [6.07, 6.45) is 1.54. The number of hydrazone groups is 1. The largest absolute Gasteiger partial charge is 0.477 e. The van der Waals surface area contributed by atoms with Gasteiger partial charge < -0.3 is 10.4 Å². The van der Waals surface area contributed by atoms with Gasteiger partial charge in [-0.2, -0.15) is 5.10 Å². The van der Waals surface area contributed by atoms with Gasteiger partial charge in [0.2, 0.25) is 0 Å². The molecule has 35 heavy (non-hydrogen) atoms. The van der Waals surface area contributed by atoms with Crippen molar-refractivity contribution in [3.8, 4) is 11.1 Å². The van der Waals surface area contributed by atoms with Crippen molar-refractivity contribution in [3.63, 3.8) is 0 Å². The van der Waals surface area contributed by atoms with Crippen LogP contribution < -0.4 is 10.0 Å². The van der Waals surface area contributed by atoms with E-state index < -0.39 is 32.7 Å². The number of hydrogen-bond donors (Lipinski definition) is 3. The van der Waals surface area contributed by atoms with Crippen molar-refractivity contribution in [3.05, 3.63) is 54.1 Å². The van der Waals surface area contributed by atoms with Gasteiger partial charge in [0, 0.05) is 24.4 Å². The lowest BCUT2D eigenvalue weighted by molar-refractivity contribution is -0.128. The average Bonchev–Trinajstić information content (AvgIpc) is 3.12. The fourth-order valence-electron chi connectivity index (χ4n) is 3.62. The zero-order chi connectivity index (χ0) is 25.6. The van der Waals surface area contributed by atoms with Gasteiger partial charge in [-0.25, -0.2) is 27.1 Å². The van der Waals surface area contributed by atoms with Crippen molar-refractivity contribution >= 4 is 43.3 Å². The summed E-state index contributed by atoms with van der Waals surface area (Å²) in [7, 11) is -4.78. The SMILES string of the molecule is CCCNC(=O)NS(=O)(=O)c1ccccc1-c1ccc(CS2=C(C(=O)O)C(C)=NN2CCC)cc1. The molecule has 1 heterocycles. The molecule has 0 radical (unpaired) electrons. The molecule has 188 valence electrons. The summed E-state index contributed by atoms with van der Waals surface area (Å²) in [5, 5.41) is 16.6. The van der Waals surface area contributed by atoms with E-state index >= 15 is 0 Å². The second kappa shape index (κ2) is 11.5. The van der Waals surface area contributed by atoms with Gasteiger partial charge in [-0.1, -0.05) is 67.0 Å². The molecule has 1 aliphatic heterocycles. The molecule has 0 saturated carbocycles. The highest BCUT2D eigenvalue weighted by Gasteiger charge is 2.27. The lowest BCUT2D eigenvalue weighted by Gasteiger charge is -2.20. The molecule has 3 rings (SSSR count). The summed E-state index contributed by atoms with van der Waals surface area (Å²) in [6, 6.07) is 13.0. The first-order valence-electron chi connectivity index (χ1n) is 11.3. The Kier molecular flexibility index (Phi) is 8.68. The minimum Gasteiger partial charge on any atom is -0.477 e. The zero-order valence-corrected chi connectivity index (χ0v) is 21.6. The van der Waals surface area contributed by atoms with Crippen molar-refractivity contribution in [2.24, 2.45) is 5.10 Å². The normalized spacial score (nSPS) is 15.6. The Morgan fingerprint density at radius 3 is 2.37 bits per heavy atom. The first-order valence-corrected chi connectivity index (χ1v) is 14.1. The molecule has 1 unspecified atom stereocenters. The third-order valence-corrected chi connectivity index (χ3v) is 8.91. The van der Waals surface area contributed by atoms with E-state index in [1.54, 1.807) is 37.3 Å². The molecule has 0 aromatic heterocycles. The minimum absolute atomic E-state index is 0.00305. The number of amides is 2. The van der Waals surface area contributed by atoms with Crippen LogP contribution in [0.1, 0.15) is 39.2 Å². The number of carboxylic acids is 1. The molecule has 2 aromatic carbocycles. The van der Waals surface area contributed by atoms with Crippen molar-refractivity contribution < 1.29 is 23.1 Å². The van der Waals surface area contributed by atoms with Crippen LogP contribution in [0.15, 0.2) is 58.5 Å². The van der Waals surface area contributed by atoms with E-state index in [0.29, 0.717) is 47.0 Å². The van der Waals surface area contributed by atoms with Crippen molar-refractivity contribution in [1.29, 1.82) is 0 Å². The van der Waals surface area contributed by atoms with Crippen molar-refractivity contribution in [1.82, 2.24) is 14.5 Å². The van der Waals surface area contributed by atoms with Gasteiger partial charge >= 0.3 is 12.0 Å². The summed E-state index contributed by atoms with van der Waals surface area (Å²) in [4.78, 5) is 24.1. The predicted octanol–water partition coefficient (Wildman–Crippen LogP) is 3.79. The number of sulfonamides is 1.